The van der Waals surface area contributed by atoms with Crippen molar-refractivity contribution in [2.75, 3.05) is 5.32 Å². The number of anilines is 1. The summed E-state index contributed by atoms with van der Waals surface area (Å²) in [5.41, 5.74) is 0.105. The van der Waals surface area contributed by atoms with Gasteiger partial charge in [0.1, 0.15) is 0 Å². The molecule has 0 radical (unpaired) electrons. The summed E-state index contributed by atoms with van der Waals surface area (Å²) < 4.78 is 37.0. The van der Waals surface area contributed by atoms with Gasteiger partial charge in [0, 0.05) is 11.4 Å². The molecule has 0 bridgehead atoms. The Balaban J connectivity index is 2.93. The molecule has 0 atom stereocenters. The maximum Gasteiger partial charge on any atom is 0.416 e. The van der Waals surface area contributed by atoms with Gasteiger partial charge in [-0.1, -0.05) is 19.2 Å². The summed E-state index contributed by atoms with van der Waals surface area (Å²) in [6.45, 7) is 6.99. The van der Waals surface area contributed by atoms with Crippen molar-refractivity contribution in [2.45, 2.75) is 6.18 Å². The zero-order valence-electron chi connectivity index (χ0n) is 7.93. The van der Waals surface area contributed by atoms with Crippen molar-refractivity contribution in [1.29, 1.82) is 0 Å². The van der Waals surface area contributed by atoms with Gasteiger partial charge in [-0.2, -0.15) is 13.2 Å². The van der Waals surface area contributed by atoms with Crippen LogP contribution in [0.15, 0.2) is 49.2 Å². The van der Waals surface area contributed by atoms with E-state index in [0.717, 1.165) is 12.1 Å². The van der Waals surface area contributed by atoms with Gasteiger partial charge in [0.2, 0.25) is 0 Å². The van der Waals surface area contributed by atoms with Crippen molar-refractivity contribution in [3.05, 3.63) is 54.8 Å². The van der Waals surface area contributed by atoms with Crippen LogP contribution < -0.4 is 5.32 Å². The van der Waals surface area contributed by atoms with Gasteiger partial charge in [-0.3, -0.25) is 0 Å². The fourth-order valence-electron chi connectivity index (χ4n) is 1.01. The third-order valence-corrected chi connectivity index (χ3v) is 1.74. The summed E-state index contributed by atoms with van der Waals surface area (Å²) in [6.07, 6.45) is -2.90. The Kier molecular flexibility index (Phi) is 3.19. The SMILES string of the molecule is C=CC(=C)Nc1cccc(C(F)(F)F)c1. The first-order chi connectivity index (χ1) is 6.93. The normalized spacial score (nSPS) is 10.9. The molecular weight excluding hydrogens is 203 g/mol. The molecule has 1 N–H and O–H groups in total. The molecule has 0 saturated heterocycles. The van der Waals surface area contributed by atoms with Gasteiger partial charge in [-0.05, 0) is 24.3 Å². The highest BCUT2D eigenvalue weighted by Crippen LogP contribution is 2.30. The van der Waals surface area contributed by atoms with Crippen LogP contribution in [-0.2, 0) is 6.18 Å². The molecule has 0 aliphatic rings. The van der Waals surface area contributed by atoms with Crippen molar-refractivity contribution in [1.82, 2.24) is 0 Å². The summed E-state index contributed by atoms with van der Waals surface area (Å²) >= 11 is 0. The molecule has 0 unspecified atom stereocenters. The summed E-state index contributed by atoms with van der Waals surface area (Å²) in [5, 5.41) is 2.69. The van der Waals surface area contributed by atoms with Crippen molar-refractivity contribution in [2.24, 2.45) is 0 Å². The second-order valence-electron chi connectivity index (χ2n) is 2.93. The number of allylic oxidation sites excluding steroid dienone is 1. The third kappa shape index (κ3) is 3.16. The fraction of sp³-hybridized carbons (Fsp3) is 0.0909. The van der Waals surface area contributed by atoms with Crippen molar-refractivity contribution >= 4 is 5.69 Å². The van der Waals surface area contributed by atoms with Gasteiger partial charge in [-0.25, -0.2) is 0 Å². The summed E-state index contributed by atoms with van der Waals surface area (Å²) in [5.74, 6) is 0. The molecule has 1 nitrogen and oxygen atoms in total. The first kappa shape index (κ1) is 11.4. The van der Waals surface area contributed by atoms with Gasteiger partial charge in [0.15, 0.2) is 0 Å². The second-order valence-corrected chi connectivity index (χ2v) is 2.93. The molecule has 1 aromatic carbocycles. The van der Waals surface area contributed by atoms with E-state index in [4.69, 9.17) is 0 Å². The van der Waals surface area contributed by atoms with E-state index in [9.17, 15) is 13.2 Å². The highest BCUT2D eigenvalue weighted by atomic mass is 19.4. The van der Waals surface area contributed by atoms with Crippen LogP contribution in [0.3, 0.4) is 0 Å². The molecule has 15 heavy (non-hydrogen) atoms. The lowest BCUT2D eigenvalue weighted by Gasteiger charge is -2.10. The number of hydrogen-bond donors (Lipinski definition) is 1. The Morgan fingerprint density at radius 1 is 1.33 bits per heavy atom. The predicted octanol–water partition coefficient (Wildman–Crippen LogP) is 3.82. The van der Waals surface area contributed by atoms with Gasteiger partial charge in [-0.15, -0.1) is 0 Å². The lowest BCUT2D eigenvalue weighted by atomic mass is 10.2. The van der Waals surface area contributed by atoms with E-state index in [0.29, 0.717) is 11.4 Å². The molecule has 0 saturated carbocycles. The smallest absolute Gasteiger partial charge is 0.356 e. The molecule has 0 heterocycles. The van der Waals surface area contributed by atoms with Crippen molar-refractivity contribution < 1.29 is 13.2 Å². The Labute approximate surface area is 85.9 Å². The Hall–Kier alpha value is -1.71. The zero-order chi connectivity index (χ0) is 11.5. The number of alkyl halides is 3. The maximum atomic E-state index is 12.3. The number of hydrogen-bond acceptors (Lipinski definition) is 1. The molecule has 0 amide bonds. The summed E-state index contributed by atoms with van der Waals surface area (Å²) in [7, 11) is 0. The van der Waals surface area contributed by atoms with E-state index in [1.165, 1.54) is 18.2 Å². The molecule has 0 aliphatic heterocycles. The van der Waals surface area contributed by atoms with Crippen LogP contribution >= 0.6 is 0 Å². The second kappa shape index (κ2) is 4.21. The summed E-state index contributed by atoms with van der Waals surface area (Å²) in [6, 6.07) is 4.90. The van der Waals surface area contributed by atoms with Crippen LogP contribution in [0.1, 0.15) is 5.56 Å². The van der Waals surface area contributed by atoms with Gasteiger partial charge < -0.3 is 5.32 Å². The highest BCUT2D eigenvalue weighted by molar-refractivity contribution is 5.51. The van der Waals surface area contributed by atoms with Crippen molar-refractivity contribution in [3.8, 4) is 0 Å². The first-order valence-corrected chi connectivity index (χ1v) is 4.19. The van der Waals surface area contributed by atoms with Crippen LogP contribution in [0.4, 0.5) is 18.9 Å². The van der Waals surface area contributed by atoms with E-state index in [2.05, 4.69) is 18.5 Å². The van der Waals surface area contributed by atoms with Gasteiger partial charge >= 0.3 is 6.18 Å². The van der Waals surface area contributed by atoms with Crippen LogP contribution in [0, 0.1) is 0 Å². The average Bonchev–Trinajstić information content (AvgIpc) is 2.17. The van der Waals surface area contributed by atoms with Crippen molar-refractivity contribution in [3.63, 3.8) is 0 Å². The quantitative estimate of drug-likeness (QED) is 0.752. The Bertz CT molecular complexity index is 380. The minimum absolute atomic E-state index is 0.342. The Morgan fingerprint density at radius 3 is 2.53 bits per heavy atom. The van der Waals surface area contributed by atoms with E-state index in [-0.39, 0.29) is 0 Å². The molecular formula is C11H10F3N. The van der Waals surface area contributed by atoms with E-state index in [1.807, 2.05) is 0 Å². The zero-order valence-corrected chi connectivity index (χ0v) is 7.93. The number of nitrogens with one attached hydrogen (secondary N) is 1. The van der Waals surface area contributed by atoms with Gasteiger partial charge in [0.05, 0.1) is 5.56 Å². The van der Waals surface area contributed by atoms with Crippen LogP contribution in [-0.4, -0.2) is 0 Å². The number of halogens is 3. The number of rotatable bonds is 3. The van der Waals surface area contributed by atoms with Crippen LogP contribution in [0.2, 0.25) is 0 Å². The third-order valence-electron chi connectivity index (χ3n) is 1.74. The Morgan fingerprint density at radius 2 is 2.00 bits per heavy atom. The summed E-state index contributed by atoms with van der Waals surface area (Å²) in [4.78, 5) is 0. The van der Waals surface area contributed by atoms with E-state index >= 15 is 0 Å². The molecule has 1 rings (SSSR count). The molecule has 1 aromatic rings. The molecule has 0 spiro atoms. The largest absolute Gasteiger partial charge is 0.416 e. The van der Waals surface area contributed by atoms with Crippen LogP contribution in [0.5, 0.6) is 0 Å². The molecule has 0 aliphatic carbocycles. The topological polar surface area (TPSA) is 12.0 Å². The lowest BCUT2D eigenvalue weighted by Crippen LogP contribution is -2.05. The lowest BCUT2D eigenvalue weighted by molar-refractivity contribution is -0.137. The van der Waals surface area contributed by atoms with Crippen LogP contribution in [0.25, 0.3) is 0 Å². The predicted molar refractivity (Wildman–Crippen MR) is 54.4 cm³/mol. The average molecular weight is 213 g/mol. The monoisotopic (exact) mass is 213 g/mol. The minimum atomic E-state index is -4.33. The highest BCUT2D eigenvalue weighted by Gasteiger charge is 2.30. The molecule has 80 valence electrons. The van der Waals surface area contributed by atoms with E-state index < -0.39 is 11.7 Å². The molecule has 0 aromatic heterocycles. The van der Waals surface area contributed by atoms with E-state index in [1.54, 1.807) is 0 Å². The van der Waals surface area contributed by atoms with Gasteiger partial charge in [0.25, 0.3) is 0 Å². The number of benzene rings is 1. The maximum absolute atomic E-state index is 12.3. The fourth-order valence-corrected chi connectivity index (χ4v) is 1.01. The molecule has 4 heteroatoms. The first-order valence-electron chi connectivity index (χ1n) is 4.19. The minimum Gasteiger partial charge on any atom is -0.356 e. The molecule has 0 fully saturated rings. The standard InChI is InChI=1S/C11H10F3N/c1-3-8(2)15-10-6-4-5-9(7-10)11(12,13)14/h3-7,15H,1-2H2.